The molecule has 0 spiro atoms. The average molecular weight is 591 g/mol. The summed E-state index contributed by atoms with van der Waals surface area (Å²) in [4.78, 5) is 15.3. The summed E-state index contributed by atoms with van der Waals surface area (Å²) in [5.41, 5.74) is 2.33. The van der Waals surface area contributed by atoms with Gasteiger partial charge in [0.25, 0.3) is 5.91 Å². The third-order valence-corrected chi connectivity index (χ3v) is 8.94. The smallest absolute Gasteiger partial charge is 0.379 e. The van der Waals surface area contributed by atoms with Crippen LogP contribution in [-0.2, 0) is 26.8 Å². The van der Waals surface area contributed by atoms with E-state index in [4.69, 9.17) is 14.2 Å². The highest BCUT2D eigenvalue weighted by molar-refractivity contribution is 5.93. The second kappa shape index (κ2) is 13.8. The Morgan fingerprint density at radius 1 is 1.12 bits per heavy atom. The van der Waals surface area contributed by atoms with Gasteiger partial charge in [-0.15, -0.1) is 5.10 Å². The van der Waals surface area contributed by atoms with E-state index < -0.39 is 11.7 Å². The first-order chi connectivity index (χ1) is 20.2. The van der Waals surface area contributed by atoms with Gasteiger partial charge in [0.15, 0.2) is 5.69 Å². The molecular weight excluding hydrogens is 549 g/mol. The quantitative estimate of drug-likeness (QED) is 0.461. The first-order valence-electron chi connectivity index (χ1n) is 15.0. The monoisotopic (exact) mass is 590 g/mol. The zero-order valence-corrected chi connectivity index (χ0v) is 24.4. The van der Waals surface area contributed by atoms with Crippen molar-refractivity contribution < 1.29 is 32.2 Å². The van der Waals surface area contributed by atoms with Gasteiger partial charge in [0, 0.05) is 38.9 Å². The van der Waals surface area contributed by atoms with Crippen LogP contribution < -0.4 is 5.32 Å². The van der Waals surface area contributed by atoms with Gasteiger partial charge < -0.3 is 24.4 Å². The lowest BCUT2D eigenvalue weighted by Gasteiger charge is -2.38. The Labute approximate surface area is 245 Å². The molecule has 0 aliphatic carbocycles. The number of hydrogen-bond donors (Lipinski definition) is 1. The van der Waals surface area contributed by atoms with Crippen molar-refractivity contribution in [2.75, 3.05) is 33.4 Å². The molecule has 1 N–H and O–H groups in total. The molecule has 11 heteroatoms. The topological polar surface area (TPSA) is 85.8 Å². The molecular formula is C31H41F3N4O4. The number of alkyl halides is 3. The Hall–Kier alpha value is -2.60. The van der Waals surface area contributed by atoms with Crippen LogP contribution in [0.2, 0.25) is 0 Å². The molecule has 3 fully saturated rings. The standard InChI is InChI=1S/C31H41F3N4O4/c1-20-22(8-11-25-4-3-5-27(42-25)21-6-9-23(10-7-21)31(32,33)34)18-35-37-29(20)30(39)38-15-12-24(13-16-38)36-26-14-17-41-19-28(26)40-2/h6-7,9-10,18,24-28,36H,3-5,8,11-17,19H2,1-2H3/t25-,26+,27+,28-/m1/s1. The predicted molar refractivity (Wildman–Crippen MR) is 150 cm³/mol. The maximum Gasteiger partial charge on any atom is 0.416 e. The van der Waals surface area contributed by atoms with Gasteiger partial charge in [-0.05, 0) is 87.1 Å². The molecule has 0 saturated carbocycles. The van der Waals surface area contributed by atoms with Crippen LogP contribution in [-0.4, -0.2) is 78.7 Å². The minimum Gasteiger partial charge on any atom is -0.379 e. The molecule has 8 nitrogen and oxygen atoms in total. The van der Waals surface area contributed by atoms with Crippen molar-refractivity contribution in [1.29, 1.82) is 0 Å². The van der Waals surface area contributed by atoms with Crippen LogP contribution in [0.4, 0.5) is 13.2 Å². The second-order valence-electron chi connectivity index (χ2n) is 11.7. The Bertz CT molecular complexity index is 1190. The number of ether oxygens (including phenoxy) is 3. The van der Waals surface area contributed by atoms with Gasteiger partial charge in [0.1, 0.15) is 0 Å². The molecule has 3 aliphatic heterocycles. The Balaban J connectivity index is 1.13. The molecule has 0 unspecified atom stereocenters. The van der Waals surface area contributed by atoms with E-state index in [1.54, 1.807) is 13.3 Å². The second-order valence-corrected chi connectivity index (χ2v) is 11.7. The number of halogens is 3. The number of aromatic nitrogens is 2. The lowest BCUT2D eigenvalue weighted by atomic mass is 9.94. The lowest BCUT2D eigenvalue weighted by molar-refractivity contribution is -0.137. The summed E-state index contributed by atoms with van der Waals surface area (Å²) in [6.45, 7) is 4.57. The fourth-order valence-corrected chi connectivity index (χ4v) is 6.33. The van der Waals surface area contributed by atoms with Crippen molar-refractivity contribution in [2.45, 2.75) is 94.9 Å². The molecule has 230 valence electrons. The van der Waals surface area contributed by atoms with Gasteiger partial charge in [0.2, 0.25) is 0 Å². The Morgan fingerprint density at radius 2 is 1.88 bits per heavy atom. The Kier molecular flexibility index (Phi) is 10.1. The number of carbonyl (C=O) groups is 1. The number of methoxy groups -OCH3 is 1. The first-order valence-corrected chi connectivity index (χ1v) is 15.0. The molecule has 4 heterocycles. The van der Waals surface area contributed by atoms with Crippen molar-refractivity contribution in [1.82, 2.24) is 20.4 Å². The van der Waals surface area contributed by atoms with Gasteiger partial charge in [0.05, 0.1) is 36.7 Å². The molecule has 2 aromatic rings. The molecule has 4 atom stereocenters. The number of piperidine rings is 1. The summed E-state index contributed by atoms with van der Waals surface area (Å²) in [5.74, 6) is -0.0857. The molecule has 1 aromatic carbocycles. The number of carbonyl (C=O) groups excluding carboxylic acids is 1. The highest BCUT2D eigenvalue weighted by atomic mass is 19.4. The number of nitrogens with zero attached hydrogens (tertiary/aromatic N) is 3. The van der Waals surface area contributed by atoms with Crippen LogP contribution in [0.15, 0.2) is 30.5 Å². The van der Waals surface area contributed by atoms with Crippen LogP contribution in [0.25, 0.3) is 0 Å². The Morgan fingerprint density at radius 3 is 2.60 bits per heavy atom. The molecule has 0 bridgehead atoms. The van der Waals surface area contributed by atoms with E-state index in [0.717, 1.165) is 80.4 Å². The number of benzene rings is 1. The minimum atomic E-state index is -4.35. The maximum atomic E-state index is 13.4. The van der Waals surface area contributed by atoms with Crippen LogP contribution in [0.3, 0.4) is 0 Å². The van der Waals surface area contributed by atoms with Crippen LogP contribution in [0.5, 0.6) is 0 Å². The summed E-state index contributed by atoms with van der Waals surface area (Å²) in [6, 6.07) is 5.87. The number of hydrogen-bond acceptors (Lipinski definition) is 7. The summed E-state index contributed by atoms with van der Waals surface area (Å²) in [5, 5.41) is 12.1. The van der Waals surface area contributed by atoms with Crippen molar-refractivity contribution >= 4 is 5.91 Å². The average Bonchev–Trinajstić information content (AvgIpc) is 3.01. The van der Waals surface area contributed by atoms with E-state index in [2.05, 4.69) is 15.5 Å². The molecule has 1 amide bonds. The normalized spacial score (nSPS) is 25.9. The third kappa shape index (κ3) is 7.48. The van der Waals surface area contributed by atoms with Gasteiger partial charge in [-0.1, -0.05) is 12.1 Å². The molecule has 3 aliphatic rings. The minimum absolute atomic E-state index is 0.0160. The van der Waals surface area contributed by atoms with Gasteiger partial charge in [-0.2, -0.15) is 18.3 Å². The third-order valence-electron chi connectivity index (χ3n) is 8.94. The van der Waals surface area contributed by atoms with Crippen molar-refractivity contribution in [2.24, 2.45) is 0 Å². The van der Waals surface area contributed by atoms with Crippen molar-refractivity contribution in [3.63, 3.8) is 0 Å². The summed E-state index contributed by atoms with van der Waals surface area (Å²) in [6.07, 6.45) is 3.88. The van der Waals surface area contributed by atoms with Gasteiger partial charge in [-0.3, -0.25) is 4.79 Å². The highest BCUT2D eigenvalue weighted by Crippen LogP contribution is 2.35. The zero-order valence-electron chi connectivity index (χ0n) is 24.4. The molecule has 1 aromatic heterocycles. The summed E-state index contributed by atoms with van der Waals surface area (Å²) >= 11 is 0. The van der Waals surface area contributed by atoms with E-state index in [1.165, 1.54) is 12.1 Å². The van der Waals surface area contributed by atoms with E-state index in [-0.39, 0.29) is 30.3 Å². The number of rotatable bonds is 8. The largest absolute Gasteiger partial charge is 0.416 e. The summed E-state index contributed by atoms with van der Waals surface area (Å²) in [7, 11) is 1.72. The molecule has 0 radical (unpaired) electrons. The predicted octanol–water partition coefficient (Wildman–Crippen LogP) is 5.04. The number of aryl methyl sites for hydroxylation is 1. The van der Waals surface area contributed by atoms with Crippen molar-refractivity contribution in [3.8, 4) is 0 Å². The molecule has 3 saturated heterocycles. The van der Waals surface area contributed by atoms with E-state index in [0.29, 0.717) is 37.9 Å². The molecule has 42 heavy (non-hydrogen) atoms. The van der Waals surface area contributed by atoms with Crippen LogP contribution in [0, 0.1) is 6.92 Å². The number of nitrogens with one attached hydrogen (secondary N) is 1. The fourth-order valence-electron chi connectivity index (χ4n) is 6.33. The first kappa shape index (κ1) is 30.8. The fraction of sp³-hybridized carbons (Fsp3) is 0.645. The number of amides is 1. The van der Waals surface area contributed by atoms with Crippen LogP contribution in [0.1, 0.15) is 83.8 Å². The number of likely N-dealkylation sites (tertiary alicyclic amines) is 1. The van der Waals surface area contributed by atoms with Crippen molar-refractivity contribution in [3.05, 3.63) is 58.4 Å². The maximum absolute atomic E-state index is 13.4. The van der Waals surface area contributed by atoms with E-state index >= 15 is 0 Å². The van der Waals surface area contributed by atoms with E-state index in [9.17, 15) is 18.0 Å². The van der Waals surface area contributed by atoms with Crippen LogP contribution >= 0.6 is 0 Å². The lowest BCUT2D eigenvalue weighted by Crippen LogP contribution is -2.54. The SMILES string of the molecule is CO[C@@H]1COCC[C@@H]1NC1CCN(C(=O)c2nncc(CC[C@H]3CCC[C@@H](c4ccc(C(F)(F)F)cc4)O3)c2C)CC1. The zero-order chi connectivity index (χ0) is 29.7. The van der Waals surface area contributed by atoms with Gasteiger partial charge in [-0.25, -0.2) is 0 Å². The van der Waals surface area contributed by atoms with E-state index in [1.807, 2.05) is 11.8 Å². The summed E-state index contributed by atoms with van der Waals surface area (Å²) < 4.78 is 56.2. The van der Waals surface area contributed by atoms with Gasteiger partial charge >= 0.3 is 6.18 Å². The molecule has 5 rings (SSSR count). The highest BCUT2D eigenvalue weighted by Gasteiger charge is 2.33.